The van der Waals surface area contributed by atoms with Gasteiger partial charge in [0.1, 0.15) is 5.65 Å². The third kappa shape index (κ3) is 3.05. The predicted octanol–water partition coefficient (Wildman–Crippen LogP) is 4.60. The lowest BCUT2D eigenvalue weighted by Crippen LogP contribution is -2.16. The number of fused-ring (bicyclic) bond motifs is 1. The summed E-state index contributed by atoms with van der Waals surface area (Å²) in [5, 5.41) is 9.83. The van der Waals surface area contributed by atoms with Crippen molar-refractivity contribution >= 4 is 17.0 Å². The molecule has 0 aliphatic heterocycles. The van der Waals surface area contributed by atoms with Crippen LogP contribution in [0.25, 0.3) is 11.0 Å². The lowest BCUT2D eigenvalue weighted by Gasteiger charge is -2.22. The smallest absolute Gasteiger partial charge is 0.416 e. The lowest BCUT2D eigenvalue weighted by atomic mass is 10.0. The Kier molecular flexibility index (Phi) is 4.48. The quantitative estimate of drug-likeness (QED) is 0.738. The highest BCUT2D eigenvalue weighted by atomic mass is 19.4. The molecule has 0 aliphatic carbocycles. The Bertz CT molecular complexity index is 977. The molecule has 0 amide bonds. The number of pyridine rings is 1. The molecule has 1 N–H and O–H groups in total. The van der Waals surface area contributed by atoms with E-state index in [0.29, 0.717) is 22.3 Å². The lowest BCUT2D eigenvalue weighted by molar-refractivity contribution is -0.138. The van der Waals surface area contributed by atoms with Crippen molar-refractivity contribution < 1.29 is 23.1 Å². The second-order valence-electron chi connectivity index (χ2n) is 6.14. The summed E-state index contributed by atoms with van der Waals surface area (Å²) in [4.78, 5) is 15.5. The maximum atomic E-state index is 13.4. The Labute approximate surface area is 147 Å². The molecule has 0 saturated heterocycles. The third-order valence-electron chi connectivity index (χ3n) is 4.57. The maximum Gasteiger partial charge on any atom is 0.416 e. The topological polar surface area (TPSA) is 55.1 Å². The van der Waals surface area contributed by atoms with Gasteiger partial charge in [-0.1, -0.05) is 18.2 Å². The normalized spacial score (nSPS) is 13.1. The molecular formula is C19H17F3N2O2. The number of carboxylic acids is 1. The molecule has 0 fully saturated rings. The van der Waals surface area contributed by atoms with Gasteiger partial charge in [0.15, 0.2) is 0 Å². The van der Waals surface area contributed by atoms with Crippen LogP contribution in [-0.2, 0) is 17.4 Å². The molecule has 0 spiro atoms. The molecule has 136 valence electrons. The highest BCUT2D eigenvalue weighted by Gasteiger charge is 2.35. The van der Waals surface area contributed by atoms with E-state index in [9.17, 15) is 23.1 Å². The average Bonchev–Trinajstić information content (AvgIpc) is 2.85. The molecule has 7 heteroatoms. The van der Waals surface area contributed by atoms with E-state index in [2.05, 4.69) is 4.98 Å². The van der Waals surface area contributed by atoms with Gasteiger partial charge in [-0.2, -0.15) is 13.2 Å². The Balaban J connectivity index is 2.24. The molecule has 26 heavy (non-hydrogen) atoms. The Morgan fingerprint density at radius 2 is 1.92 bits per heavy atom. The first-order valence-corrected chi connectivity index (χ1v) is 8.04. The Hall–Kier alpha value is -2.83. The average molecular weight is 362 g/mol. The molecule has 4 nitrogen and oxygen atoms in total. The minimum absolute atomic E-state index is 0.118. The van der Waals surface area contributed by atoms with Crippen molar-refractivity contribution in [1.29, 1.82) is 0 Å². The summed E-state index contributed by atoms with van der Waals surface area (Å²) in [5.41, 5.74) is 1.06. The third-order valence-corrected chi connectivity index (χ3v) is 4.57. The Morgan fingerprint density at radius 3 is 2.58 bits per heavy atom. The molecule has 1 atom stereocenters. The van der Waals surface area contributed by atoms with E-state index in [4.69, 9.17) is 0 Å². The Morgan fingerprint density at radius 1 is 1.23 bits per heavy atom. The number of benzene rings is 1. The molecule has 1 unspecified atom stereocenters. The van der Waals surface area contributed by atoms with Gasteiger partial charge in [-0.25, -0.2) is 4.98 Å². The van der Waals surface area contributed by atoms with Crippen molar-refractivity contribution in [2.45, 2.75) is 32.5 Å². The van der Waals surface area contributed by atoms with Crippen LogP contribution in [0.5, 0.6) is 0 Å². The van der Waals surface area contributed by atoms with Crippen LogP contribution in [0.1, 0.15) is 35.3 Å². The standard InChI is InChI=1S/C19H17F3N2O2/c1-11(13-6-3-4-8-16(13)19(20,21)22)24-12(2)15(10-17(25)26)14-7-5-9-23-18(14)24/h3-9,11H,10H2,1-2H3,(H,25,26). The van der Waals surface area contributed by atoms with Crippen LogP contribution >= 0.6 is 0 Å². The number of rotatable bonds is 4. The van der Waals surface area contributed by atoms with Crippen molar-refractivity contribution in [3.63, 3.8) is 0 Å². The van der Waals surface area contributed by atoms with Gasteiger partial charge in [-0.05, 0) is 43.2 Å². The minimum atomic E-state index is -4.47. The van der Waals surface area contributed by atoms with E-state index in [1.165, 1.54) is 12.1 Å². The van der Waals surface area contributed by atoms with Gasteiger partial charge in [0, 0.05) is 17.3 Å². The van der Waals surface area contributed by atoms with Gasteiger partial charge in [0.25, 0.3) is 0 Å². The number of nitrogens with zero attached hydrogens (tertiary/aromatic N) is 2. The van der Waals surface area contributed by atoms with Crippen LogP contribution in [0, 0.1) is 6.92 Å². The van der Waals surface area contributed by atoms with Gasteiger partial charge in [0.2, 0.25) is 0 Å². The minimum Gasteiger partial charge on any atom is -0.481 e. The number of aliphatic carboxylic acids is 1. The fourth-order valence-corrected chi connectivity index (χ4v) is 3.43. The number of hydrogen-bond acceptors (Lipinski definition) is 2. The van der Waals surface area contributed by atoms with E-state index in [1.54, 1.807) is 42.8 Å². The zero-order valence-electron chi connectivity index (χ0n) is 14.2. The molecular weight excluding hydrogens is 345 g/mol. The molecule has 3 aromatic rings. The number of carbonyl (C=O) groups is 1. The zero-order chi connectivity index (χ0) is 19.1. The molecule has 3 rings (SSSR count). The fourth-order valence-electron chi connectivity index (χ4n) is 3.43. The van der Waals surface area contributed by atoms with Crippen molar-refractivity contribution in [3.05, 3.63) is 65.0 Å². The van der Waals surface area contributed by atoms with E-state index < -0.39 is 23.8 Å². The van der Waals surface area contributed by atoms with Crippen LogP contribution in [0.2, 0.25) is 0 Å². The molecule has 0 aliphatic rings. The van der Waals surface area contributed by atoms with E-state index in [0.717, 1.165) is 6.07 Å². The first kappa shape index (κ1) is 18.0. The van der Waals surface area contributed by atoms with E-state index in [1.807, 2.05) is 0 Å². The molecule has 0 radical (unpaired) electrons. The number of aromatic nitrogens is 2. The molecule has 2 aromatic heterocycles. The van der Waals surface area contributed by atoms with Crippen molar-refractivity contribution in [3.8, 4) is 0 Å². The van der Waals surface area contributed by atoms with Crippen LogP contribution in [-0.4, -0.2) is 20.6 Å². The van der Waals surface area contributed by atoms with Crippen LogP contribution in [0.15, 0.2) is 42.6 Å². The molecule has 0 bridgehead atoms. The number of hydrogen-bond donors (Lipinski definition) is 1. The van der Waals surface area contributed by atoms with Gasteiger partial charge in [-0.15, -0.1) is 0 Å². The van der Waals surface area contributed by atoms with Crippen molar-refractivity contribution in [2.75, 3.05) is 0 Å². The van der Waals surface area contributed by atoms with Gasteiger partial charge in [-0.3, -0.25) is 4.79 Å². The van der Waals surface area contributed by atoms with Crippen LogP contribution in [0.4, 0.5) is 13.2 Å². The molecule has 0 saturated carbocycles. The predicted molar refractivity (Wildman–Crippen MR) is 91.1 cm³/mol. The number of alkyl halides is 3. The molecule has 1 aromatic carbocycles. The largest absolute Gasteiger partial charge is 0.481 e. The summed E-state index contributed by atoms with van der Waals surface area (Å²) in [6.45, 7) is 3.38. The molecule has 2 heterocycles. The highest BCUT2D eigenvalue weighted by molar-refractivity contribution is 5.86. The number of halogens is 3. The van der Waals surface area contributed by atoms with Gasteiger partial charge < -0.3 is 9.67 Å². The maximum absolute atomic E-state index is 13.4. The van der Waals surface area contributed by atoms with Crippen molar-refractivity contribution in [1.82, 2.24) is 9.55 Å². The van der Waals surface area contributed by atoms with E-state index >= 15 is 0 Å². The SMILES string of the molecule is Cc1c(CC(=O)O)c2cccnc2n1C(C)c1ccccc1C(F)(F)F. The van der Waals surface area contributed by atoms with Crippen LogP contribution < -0.4 is 0 Å². The first-order valence-electron chi connectivity index (χ1n) is 8.04. The van der Waals surface area contributed by atoms with Gasteiger partial charge in [0.05, 0.1) is 18.0 Å². The fraction of sp³-hybridized carbons (Fsp3) is 0.263. The number of carboxylic acid groups (broad SMARTS) is 1. The highest BCUT2D eigenvalue weighted by Crippen LogP contribution is 2.38. The summed E-state index contributed by atoms with van der Waals surface area (Å²) >= 11 is 0. The summed E-state index contributed by atoms with van der Waals surface area (Å²) in [6, 6.07) is 8.18. The first-order chi connectivity index (χ1) is 12.2. The van der Waals surface area contributed by atoms with Crippen molar-refractivity contribution in [2.24, 2.45) is 0 Å². The second-order valence-corrected chi connectivity index (χ2v) is 6.14. The zero-order valence-corrected chi connectivity index (χ0v) is 14.2. The summed E-state index contributed by atoms with van der Waals surface area (Å²) in [5.74, 6) is -1.00. The van der Waals surface area contributed by atoms with Gasteiger partial charge >= 0.3 is 12.1 Å². The monoisotopic (exact) mass is 362 g/mol. The summed E-state index contributed by atoms with van der Waals surface area (Å²) in [7, 11) is 0. The van der Waals surface area contributed by atoms with E-state index in [-0.39, 0.29) is 12.0 Å². The second kappa shape index (κ2) is 6.48. The summed E-state index contributed by atoms with van der Waals surface area (Å²) in [6.07, 6.45) is -3.14. The summed E-state index contributed by atoms with van der Waals surface area (Å²) < 4.78 is 41.9. The van der Waals surface area contributed by atoms with Crippen LogP contribution in [0.3, 0.4) is 0 Å².